The Morgan fingerprint density at radius 3 is 2.59 bits per heavy atom. The molecule has 6 nitrogen and oxygen atoms in total. The fourth-order valence-electron chi connectivity index (χ4n) is 3.82. The molecule has 1 aliphatic carbocycles. The maximum atomic E-state index is 6.00. The number of ether oxygens (including phenoxy) is 1. The first kappa shape index (κ1) is 19.1. The van der Waals surface area contributed by atoms with Gasteiger partial charge in [0, 0.05) is 23.0 Å². The molecule has 3 aromatic rings. The van der Waals surface area contributed by atoms with Gasteiger partial charge in [0.05, 0.1) is 17.8 Å². The van der Waals surface area contributed by atoms with Crippen molar-refractivity contribution < 1.29 is 4.74 Å². The summed E-state index contributed by atoms with van der Waals surface area (Å²) in [6.07, 6.45) is 8.40. The second kappa shape index (κ2) is 8.82. The molecule has 0 amide bonds. The molecule has 0 radical (unpaired) electrons. The van der Waals surface area contributed by atoms with Gasteiger partial charge in [-0.05, 0) is 67.3 Å². The molecule has 1 saturated carbocycles. The van der Waals surface area contributed by atoms with Gasteiger partial charge in [0.2, 0.25) is 0 Å². The maximum absolute atomic E-state index is 6.00. The van der Waals surface area contributed by atoms with Crippen molar-refractivity contribution in [2.45, 2.75) is 32.1 Å². The molecule has 0 unspecified atom stereocenters. The van der Waals surface area contributed by atoms with Crippen LogP contribution in [0.2, 0.25) is 0 Å². The molecular formula is C23H27N5O. The Kier molecular flexibility index (Phi) is 5.79. The normalized spacial score (nSPS) is 14.5. The fourth-order valence-corrected chi connectivity index (χ4v) is 3.82. The topological polar surface area (TPSA) is 98.6 Å². The number of pyridine rings is 1. The largest absolute Gasteiger partial charge is 0.493 e. The van der Waals surface area contributed by atoms with Crippen molar-refractivity contribution in [3.05, 3.63) is 54.7 Å². The smallest absolute Gasteiger partial charge is 0.191 e. The van der Waals surface area contributed by atoms with Crippen LogP contribution in [0.1, 0.15) is 32.1 Å². The number of nitrogens with two attached hydrogens (primary N) is 2. The lowest BCUT2D eigenvalue weighted by molar-refractivity contribution is 0.209. The molecule has 1 aliphatic rings. The minimum atomic E-state index is 0.0319. The minimum absolute atomic E-state index is 0.0319. The first-order valence-electron chi connectivity index (χ1n) is 10.2. The van der Waals surface area contributed by atoms with Crippen molar-refractivity contribution in [1.82, 2.24) is 4.98 Å². The van der Waals surface area contributed by atoms with Gasteiger partial charge in [0.15, 0.2) is 5.96 Å². The molecule has 1 aromatic heterocycles. The molecule has 6 heteroatoms. The molecule has 1 fully saturated rings. The summed E-state index contributed by atoms with van der Waals surface area (Å²) in [6, 6.07) is 15.8. The molecule has 5 N–H and O–H groups in total. The average molecular weight is 390 g/mol. The van der Waals surface area contributed by atoms with Crippen LogP contribution >= 0.6 is 0 Å². The zero-order valence-electron chi connectivity index (χ0n) is 16.5. The van der Waals surface area contributed by atoms with E-state index in [4.69, 9.17) is 16.2 Å². The third kappa shape index (κ3) is 4.96. The van der Waals surface area contributed by atoms with Crippen LogP contribution in [0.15, 0.2) is 59.7 Å². The number of anilines is 2. The summed E-state index contributed by atoms with van der Waals surface area (Å²) >= 11 is 0. The Bertz CT molecular complexity index is 990. The zero-order valence-corrected chi connectivity index (χ0v) is 16.5. The molecule has 4 rings (SSSR count). The minimum Gasteiger partial charge on any atom is -0.493 e. The lowest BCUT2D eigenvalue weighted by atomic mass is 9.90. The Balaban J connectivity index is 1.44. The van der Waals surface area contributed by atoms with Crippen LogP contribution in [0.25, 0.3) is 10.9 Å². The second-order valence-corrected chi connectivity index (χ2v) is 7.56. The number of nitrogens with one attached hydrogen (secondary N) is 1. The Morgan fingerprint density at radius 2 is 1.83 bits per heavy atom. The summed E-state index contributed by atoms with van der Waals surface area (Å²) < 4.78 is 6.00. The van der Waals surface area contributed by atoms with Crippen LogP contribution in [0.3, 0.4) is 0 Å². The molecule has 0 aliphatic heterocycles. The monoisotopic (exact) mass is 389 g/mol. The Hall–Kier alpha value is -3.28. The van der Waals surface area contributed by atoms with Crippen molar-refractivity contribution in [2.75, 3.05) is 11.9 Å². The van der Waals surface area contributed by atoms with Crippen LogP contribution in [0, 0.1) is 5.92 Å². The van der Waals surface area contributed by atoms with Crippen molar-refractivity contribution in [1.29, 1.82) is 0 Å². The van der Waals surface area contributed by atoms with Gasteiger partial charge in [0.25, 0.3) is 0 Å². The van der Waals surface area contributed by atoms with Crippen molar-refractivity contribution in [3.8, 4) is 5.75 Å². The highest BCUT2D eigenvalue weighted by atomic mass is 16.5. The Morgan fingerprint density at radius 1 is 1.03 bits per heavy atom. The first-order valence-corrected chi connectivity index (χ1v) is 10.2. The number of benzene rings is 2. The van der Waals surface area contributed by atoms with Gasteiger partial charge in [-0.2, -0.15) is 0 Å². The van der Waals surface area contributed by atoms with Crippen LogP contribution in [0.4, 0.5) is 17.1 Å². The predicted molar refractivity (Wildman–Crippen MR) is 119 cm³/mol. The van der Waals surface area contributed by atoms with Crippen molar-refractivity contribution >= 4 is 33.9 Å². The number of fused-ring (bicyclic) bond motifs is 1. The van der Waals surface area contributed by atoms with E-state index in [0.717, 1.165) is 34.6 Å². The number of aliphatic imine (C=N–C) groups is 1. The molecule has 0 bridgehead atoms. The summed E-state index contributed by atoms with van der Waals surface area (Å²) in [5.41, 5.74) is 14.4. The van der Waals surface area contributed by atoms with E-state index in [1.165, 1.54) is 32.1 Å². The van der Waals surface area contributed by atoms with Crippen LogP contribution in [0.5, 0.6) is 5.75 Å². The highest BCUT2D eigenvalue weighted by Gasteiger charge is 2.14. The van der Waals surface area contributed by atoms with E-state index in [1.807, 2.05) is 48.5 Å². The van der Waals surface area contributed by atoms with Crippen molar-refractivity contribution in [2.24, 2.45) is 22.4 Å². The molecule has 29 heavy (non-hydrogen) atoms. The highest BCUT2D eigenvalue weighted by Crippen LogP contribution is 2.29. The zero-order chi connectivity index (χ0) is 20.1. The molecule has 0 saturated heterocycles. The summed E-state index contributed by atoms with van der Waals surface area (Å²) in [7, 11) is 0. The fraction of sp³-hybridized carbons (Fsp3) is 0.304. The molecule has 150 valence electrons. The highest BCUT2D eigenvalue weighted by molar-refractivity contribution is 5.94. The Labute approximate surface area is 171 Å². The van der Waals surface area contributed by atoms with E-state index < -0.39 is 0 Å². The molecule has 0 spiro atoms. The van der Waals surface area contributed by atoms with E-state index in [9.17, 15) is 0 Å². The number of hydrogen-bond donors (Lipinski definition) is 3. The molecule has 1 heterocycles. The van der Waals surface area contributed by atoms with Gasteiger partial charge in [-0.25, -0.2) is 4.99 Å². The maximum Gasteiger partial charge on any atom is 0.191 e. The number of nitrogens with zero attached hydrogens (tertiary/aromatic N) is 2. The van der Waals surface area contributed by atoms with E-state index in [1.54, 1.807) is 6.20 Å². The van der Waals surface area contributed by atoms with Gasteiger partial charge in [-0.3, -0.25) is 4.98 Å². The van der Waals surface area contributed by atoms with Crippen LogP contribution in [-0.4, -0.2) is 17.6 Å². The summed E-state index contributed by atoms with van der Waals surface area (Å²) in [5, 5.41) is 4.46. The second-order valence-electron chi connectivity index (χ2n) is 7.56. The summed E-state index contributed by atoms with van der Waals surface area (Å²) in [5.74, 6) is 1.65. The number of rotatable bonds is 6. The van der Waals surface area contributed by atoms with Gasteiger partial charge in [0.1, 0.15) is 5.75 Å². The third-order valence-corrected chi connectivity index (χ3v) is 5.33. The predicted octanol–water partition coefficient (Wildman–Crippen LogP) is 4.84. The molecular weight excluding hydrogens is 362 g/mol. The SMILES string of the molecule is NC(N)=Nc1ccc2c(Nc3ccc(OCC4CCCCC4)cc3)ccnc2c1. The summed E-state index contributed by atoms with van der Waals surface area (Å²) in [6.45, 7) is 0.819. The van der Waals surface area contributed by atoms with Gasteiger partial charge >= 0.3 is 0 Å². The molecule has 2 aromatic carbocycles. The van der Waals surface area contributed by atoms with Gasteiger partial charge in [-0.1, -0.05) is 19.3 Å². The van der Waals surface area contributed by atoms with E-state index >= 15 is 0 Å². The van der Waals surface area contributed by atoms with Gasteiger partial charge < -0.3 is 21.5 Å². The summed E-state index contributed by atoms with van der Waals surface area (Å²) in [4.78, 5) is 8.51. The van der Waals surface area contributed by atoms with Gasteiger partial charge in [-0.15, -0.1) is 0 Å². The van der Waals surface area contributed by atoms with E-state index in [2.05, 4.69) is 15.3 Å². The average Bonchev–Trinajstić information content (AvgIpc) is 2.74. The number of guanidine groups is 1. The van der Waals surface area contributed by atoms with E-state index in [-0.39, 0.29) is 5.96 Å². The lowest BCUT2D eigenvalue weighted by Crippen LogP contribution is -2.21. The first-order chi connectivity index (χ1) is 14.2. The molecule has 0 atom stereocenters. The number of hydrogen-bond acceptors (Lipinski definition) is 4. The van der Waals surface area contributed by atoms with Crippen molar-refractivity contribution in [3.63, 3.8) is 0 Å². The van der Waals surface area contributed by atoms with E-state index in [0.29, 0.717) is 11.6 Å². The lowest BCUT2D eigenvalue weighted by Gasteiger charge is -2.21. The standard InChI is InChI=1S/C23H27N5O/c24-23(25)28-18-8-11-20-21(12-13-26-22(20)14-18)27-17-6-9-19(10-7-17)29-15-16-4-2-1-3-5-16/h6-14,16H,1-5,15H2,(H,26,27)(H4,24,25,28). The van der Waals surface area contributed by atoms with Crippen LogP contribution < -0.4 is 21.5 Å². The number of aromatic nitrogens is 1. The quantitative estimate of drug-likeness (QED) is 0.414. The third-order valence-electron chi connectivity index (χ3n) is 5.33. The van der Waals surface area contributed by atoms with Crippen LogP contribution in [-0.2, 0) is 0 Å².